The average Bonchev–Trinajstić information content (AvgIpc) is 3.09. The number of benzene rings is 1. The summed E-state index contributed by atoms with van der Waals surface area (Å²) in [4.78, 5) is 20.0. The summed E-state index contributed by atoms with van der Waals surface area (Å²) in [7, 11) is 0. The maximum atomic E-state index is 13.0. The highest BCUT2D eigenvalue weighted by Crippen LogP contribution is 2.53. The van der Waals surface area contributed by atoms with Gasteiger partial charge in [0.15, 0.2) is 5.82 Å². The maximum absolute atomic E-state index is 13.0. The second-order valence-corrected chi connectivity index (χ2v) is 8.91. The minimum atomic E-state index is 0.198. The molecule has 1 atom stereocenters. The largest absolute Gasteiger partial charge is 0.341 e. The monoisotopic (exact) mass is 364 g/mol. The van der Waals surface area contributed by atoms with E-state index in [1.807, 2.05) is 0 Å². The third kappa shape index (κ3) is 3.17. The highest BCUT2D eigenvalue weighted by Gasteiger charge is 2.51. The average molecular weight is 364 g/mol. The zero-order chi connectivity index (χ0) is 18.4. The Morgan fingerprint density at radius 3 is 2.67 bits per heavy atom. The molecule has 5 heteroatoms. The SMILES string of the molecule is Cc1ccc(CC(=O)N2CC(c3nc(C4CC4)n[nH]3)C3(CCCC3)C2)cc1. The van der Waals surface area contributed by atoms with Crippen LogP contribution in [0.3, 0.4) is 0 Å². The molecule has 5 rings (SSSR count). The Kier molecular flexibility index (Phi) is 4.06. The van der Waals surface area contributed by atoms with Gasteiger partial charge in [-0.1, -0.05) is 42.7 Å². The van der Waals surface area contributed by atoms with Gasteiger partial charge in [-0.05, 0) is 43.6 Å². The van der Waals surface area contributed by atoms with Crippen molar-refractivity contribution in [3.05, 3.63) is 47.0 Å². The van der Waals surface area contributed by atoms with Gasteiger partial charge in [0.1, 0.15) is 5.82 Å². The molecule has 1 aliphatic heterocycles. The number of aryl methyl sites for hydroxylation is 1. The number of likely N-dealkylation sites (tertiary alicyclic amines) is 1. The minimum absolute atomic E-state index is 0.198. The standard InChI is InChI=1S/C22H28N4O/c1-15-4-6-16(7-5-15)12-19(27)26-13-18(22(14-26)10-2-3-11-22)21-23-20(24-25-21)17-8-9-17/h4-7,17-18H,2-3,8-14H2,1H3,(H,23,24,25). The van der Waals surface area contributed by atoms with E-state index in [-0.39, 0.29) is 11.3 Å². The molecule has 27 heavy (non-hydrogen) atoms. The van der Waals surface area contributed by atoms with Crippen molar-refractivity contribution in [2.45, 2.75) is 63.7 Å². The Labute approximate surface area is 160 Å². The van der Waals surface area contributed by atoms with Gasteiger partial charge in [0.25, 0.3) is 0 Å². The van der Waals surface area contributed by atoms with E-state index >= 15 is 0 Å². The summed E-state index contributed by atoms with van der Waals surface area (Å²) in [5.41, 5.74) is 2.53. The van der Waals surface area contributed by atoms with Gasteiger partial charge in [-0.15, -0.1) is 0 Å². The lowest BCUT2D eigenvalue weighted by Crippen LogP contribution is -2.32. The van der Waals surface area contributed by atoms with Gasteiger partial charge in [-0.2, -0.15) is 5.10 Å². The predicted molar refractivity (Wildman–Crippen MR) is 103 cm³/mol. The number of H-pyrrole nitrogens is 1. The van der Waals surface area contributed by atoms with Gasteiger partial charge in [-0.3, -0.25) is 9.89 Å². The Morgan fingerprint density at radius 1 is 1.22 bits per heavy atom. The molecule has 2 heterocycles. The molecule has 1 saturated heterocycles. The molecule has 3 fully saturated rings. The lowest BCUT2D eigenvalue weighted by molar-refractivity contribution is -0.129. The van der Waals surface area contributed by atoms with Crippen LogP contribution in [0.25, 0.3) is 0 Å². The number of hydrogen-bond donors (Lipinski definition) is 1. The maximum Gasteiger partial charge on any atom is 0.227 e. The molecule has 3 aliphatic rings. The Morgan fingerprint density at radius 2 is 1.96 bits per heavy atom. The van der Waals surface area contributed by atoms with Gasteiger partial charge in [0.05, 0.1) is 6.42 Å². The number of aromatic nitrogens is 3. The number of nitrogens with zero attached hydrogens (tertiary/aromatic N) is 3. The second-order valence-electron chi connectivity index (χ2n) is 8.91. The fourth-order valence-electron chi connectivity index (χ4n) is 5.08. The molecule has 5 nitrogen and oxygen atoms in total. The second kappa shape index (κ2) is 6.47. The van der Waals surface area contributed by atoms with Crippen molar-refractivity contribution >= 4 is 5.91 Å². The van der Waals surface area contributed by atoms with Crippen LogP contribution < -0.4 is 0 Å². The lowest BCUT2D eigenvalue weighted by Gasteiger charge is -2.28. The van der Waals surface area contributed by atoms with Crippen molar-refractivity contribution in [1.82, 2.24) is 20.1 Å². The molecule has 1 aromatic carbocycles. The van der Waals surface area contributed by atoms with E-state index in [4.69, 9.17) is 4.98 Å². The molecule has 2 aliphatic carbocycles. The number of amides is 1. The Hall–Kier alpha value is -2.17. The van der Waals surface area contributed by atoms with E-state index in [0.717, 1.165) is 30.3 Å². The fourth-order valence-corrected chi connectivity index (χ4v) is 5.08. The zero-order valence-electron chi connectivity index (χ0n) is 16.1. The first-order valence-corrected chi connectivity index (χ1v) is 10.4. The van der Waals surface area contributed by atoms with Gasteiger partial charge in [-0.25, -0.2) is 4.98 Å². The van der Waals surface area contributed by atoms with Gasteiger partial charge < -0.3 is 4.90 Å². The Balaban J connectivity index is 1.35. The molecule has 1 amide bonds. The normalized spacial score (nSPS) is 24.0. The van der Waals surface area contributed by atoms with Crippen molar-refractivity contribution in [2.24, 2.45) is 5.41 Å². The van der Waals surface area contributed by atoms with Crippen LogP contribution in [0.2, 0.25) is 0 Å². The first-order chi connectivity index (χ1) is 13.1. The molecule has 1 spiro atoms. The molecule has 1 N–H and O–H groups in total. The van der Waals surface area contributed by atoms with Crippen molar-refractivity contribution in [3.8, 4) is 0 Å². The van der Waals surface area contributed by atoms with Crippen molar-refractivity contribution in [3.63, 3.8) is 0 Å². The molecular formula is C22H28N4O. The van der Waals surface area contributed by atoms with E-state index in [0.29, 0.717) is 18.3 Å². The molecule has 2 aromatic rings. The summed E-state index contributed by atoms with van der Waals surface area (Å²) in [5.74, 6) is 3.12. The van der Waals surface area contributed by atoms with Crippen LogP contribution in [0.15, 0.2) is 24.3 Å². The van der Waals surface area contributed by atoms with Crippen LogP contribution >= 0.6 is 0 Å². The van der Waals surface area contributed by atoms with E-state index in [9.17, 15) is 4.79 Å². The quantitative estimate of drug-likeness (QED) is 0.899. The number of nitrogens with one attached hydrogen (secondary N) is 1. The summed E-state index contributed by atoms with van der Waals surface area (Å²) < 4.78 is 0. The van der Waals surface area contributed by atoms with Gasteiger partial charge in [0.2, 0.25) is 5.91 Å². The molecule has 1 unspecified atom stereocenters. The van der Waals surface area contributed by atoms with Crippen LogP contribution in [0.4, 0.5) is 0 Å². The van der Waals surface area contributed by atoms with Crippen molar-refractivity contribution < 1.29 is 4.79 Å². The number of hydrogen-bond acceptors (Lipinski definition) is 3. The van der Waals surface area contributed by atoms with Gasteiger partial charge >= 0.3 is 0 Å². The van der Waals surface area contributed by atoms with E-state index in [2.05, 4.69) is 46.3 Å². The van der Waals surface area contributed by atoms with Crippen LogP contribution in [0.5, 0.6) is 0 Å². The van der Waals surface area contributed by atoms with E-state index in [1.165, 1.54) is 44.1 Å². The van der Waals surface area contributed by atoms with E-state index in [1.54, 1.807) is 0 Å². The first kappa shape index (κ1) is 17.0. The fraction of sp³-hybridized carbons (Fsp3) is 0.591. The topological polar surface area (TPSA) is 61.9 Å². The lowest BCUT2D eigenvalue weighted by atomic mass is 9.76. The summed E-state index contributed by atoms with van der Waals surface area (Å²) in [5, 5.41) is 7.72. The van der Waals surface area contributed by atoms with Crippen molar-refractivity contribution in [2.75, 3.05) is 13.1 Å². The third-order valence-electron chi connectivity index (χ3n) is 6.87. The summed E-state index contributed by atoms with van der Waals surface area (Å²) >= 11 is 0. The van der Waals surface area contributed by atoms with E-state index < -0.39 is 0 Å². The highest BCUT2D eigenvalue weighted by molar-refractivity contribution is 5.79. The van der Waals surface area contributed by atoms with Crippen LogP contribution in [-0.2, 0) is 11.2 Å². The first-order valence-electron chi connectivity index (χ1n) is 10.4. The molecule has 0 radical (unpaired) electrons. The van der Waals surface area contributed by atoms with Crippen LogP contribution in [0, 0.1) is 12.3 Å². The molecule has 142 valence electrons. The minimum Gasteiger partial charge on any atom is -0.341 e. The smallest absolute Gasteiger partial charge is 0.227 e. The van der Waals surface area contributed by atoms with Crippen LogP contribution in [-0.4, -0.2) is 39.1 Å². The molecule has 1 aromatic heterocycles. The number of carbonyl (C=O) groups excluding carboxylic acids is 1. The highest BCUT2D eigenvalue weighted by atomic mass is 16.2. The predicted octanol–water partition coefficient (Wildman–Crippen LogP) is 3.72. The number of carbonyl (C=O) groups is 1. The van der Waals surface area contributed by atoms with Crippen molar-refractivity contribution in [1.29, 1.82) is 0 Å². The zero-order valence-corrected chi connectivity index (χ0v) is 16.1. The summed E-state index contributed by atoms with van der Waals surface area (Å²) in [6.07, 6.45) is 7.85. The number of rotatable bonds is 4. The molecule has 2 saturated carbocycles. The summed E-state index contributed by atoms with van der Waals surface area (Å²) in [6, 6.07) is 8.32. The van der Waals surface area contributed by atoms with Crippen LogP contribution in [0.1, 0.15) is 73.1 Å². The third-order valence-corrected chi connectivity index (χ3v) is 6.87. The van der Waals surface area contributed by atoms with Gasteiger partial charge in [0, 0.05) is 24.9 Å². The number of aromatic amines is 1. The summed E-state index contributed by atoms with van der Waals surface area (Å²) in [6.45, 7) is 3.74. The molecule has 0 bridgehead atoms. The Bertz CT molecular complexity index is 830. The molecular weight excluding hydrogens is 336 g/mol.